The number of benzene rings is 1. The van der Waals surface area contributed by atoms with Crippen molar-refractivity contribution in [2.45, 2.75) is 121 Å². The Labute approximate surface area is 274 Å². The van der Waals surface area contributed by atoms with Crippen molar-refractivity contribution < 1.29 is 44.3 Å². The van der Waals surface area contributed by atoms with Gasteiger partial charge in [-0.1, -0.05) is 88.5 Å². The molecule has 10 nitrogen and oxygen atoms in total. The molecular weight excluding hydrogens is 590 g/mol. The normalized spacial score (nSPS) is 14.4. The topological polar surface area (TPSA) is 165 Å². The molecule has 1 aromatic rings. The van der Waals surface area contributed by atoms with E-state index in [1.165, 1.54) is 32.4 Å². The van der Waals surface area contributed by atoms with Crippen molar-refractivity contribution in [1.82, 2.24) is 5.32 Å². The van der Waals surface area contributed by atoms with Crippen molar-refractivity contribution in [3.05, 3.63) is 42.0 Å². The fourth-order valence-corrected chi connectivity index (χ4v) is 5.12. The fraction of sp³-hybridized carbons (Fsp3) is 0.639. The maximum Gasteiger partial charge on any atom is 0.328 e. The van der Waals surface area contributed by atoms with Gasteiger partial charge in [-0.2, -0.15) is 0 Å². The number of aliphatic hydroxyl groups excluding tert-OH is 2. The van der Waals surface area contributed by atoms with E-state index in [1.807, 2.05) is 0 Å². The van der Waals surface area contributed by atoms with Crippen molar-refractivity contribution in [3.63, 3.8) is 0 Å². The van der Waals surface area contributed by atoms with E-state index in [0.29, 0.717) is 17.7 Å². The van der Waals surface area contributed by atoms with Gasteiger partial charge in [-0.25, -0.2) is 4.79 Å². The van der Waals surface area contributed by atoms with Crippen LogP contribution in [0.15, 0.2) is 36.4 Å². The second-order valence-corrected chi connectivity index (χ2v) is 11.6. The Morgan fingerprint density at radius 3 is 2.22 bits per heavy atom. The number of nitrogens with one attached hydrogen (secondary N) is 1. The minimum atomic E-state index is -2.71. The number of carboxylic acids is 1. The summed E-state index contributed by atoms with van der Waals surface area (Å²) in [6, 6.07) is 5.64. The van der Waals surface area contributed by atoms with Crippen LogP contribution < -0.4 is 15.2 Å². The summed E-state index contributed by atoms with van der Waals surface area (Å²) in [5.74, 6) is 0.875. The Hall–Kier alpha value is -3.39. The maximum atomic E-state index is 13.4. The lowest BCUT2D eigenvalue weighted by atomic mass is 9.83. The zero-order valence-electron chi connectivity index (χ0n) is 27.8. The number of hydrogen-bond donors (Lipinski definition) is 4. The first-order valence-corrected chi connectivity index (χ1v) is 16.5. The molecule has 0 heterocycles. The average molecular weight is 645 g/mol. The van der Waals surface area contributed by atoms with E-state index in [-0.39, 0.29) is 19.1 Å². The number of allylic oxidation sites excluding steroid dienone is 1. The quantitative estimate of drug-likeness (QED) is 0.0540. The van der Waals surface area contributed by atoms with Gasteiger partial charge in [0.05, 0.1) is 25.1 Å². The Morgan fingerprint density at radius 2 is 1.65 bits per heavy atom. The number of aliphatic carboxylic acids is 1. The number of carbonyl (C=O) groups is 3. The number of methoxy groups -OCH3 is 1. The summed E-state index contributed by atoms with van der Waals surface area (Å²) in [5.41, 5.74) is -2.04. The molecule has 0 saturated carbocycles. The first-order valence-electron chi connectivity index (χ1n) is 16.5. The number of ether oxygens (including phenoxy) is 2. The van der Waals surface area contributed by atoms with Gasteiger partial charge in [-0.15, -0.1) is 5.92 Å². The van der Waals surface area contributed by atoms with Crippen molar-refractivity contribution in [3.8, 4) is 17.6 Å². The first kappa shape index (κ1) is 40.6. The summed E-state index contributed by atoms with van der Waals surface area (Å²) in [4.78, 5) is 38.0. The maximum absolute atomic E-state index is 13.4. The SMILES string of the molecule is CC#CCOc1ccc(C[C@H](NC(=O)[C@@H](/C=C/CCCCCCC(O)CCCCCCC)[C@@](O)(CCO)C(=O)[O-])C(=O)OC)cc1. The number of carboxylic acid groups (broad SMARTS) is 1. The molecule has 46 heavy (non-hydrogen) atoms. The number of hydrogen-bond acceptors (Lipinski definition) is 9. The van der Waals surface area contributed by atoms with Gasteiger partial charge in [-0.3, -0.25) is 4.79 Å². The molecule has 0 aliphatic heterocycles. The van der Waals surface area contributed by atoms with Crippen LogP contribution in [0.2, 0.25) is 0 Å². The predicted octanol–water partition coefficient (Wildman–Crippen LogP) is 3.39. The molecule has 10 heteroatoms. The third-order valence-corrected chi connectivity index (χ3v) is 7.92. The van der Waals surface area contributed by atoms with E-state index < -0.39 is 48.4 Å². The molecule has 258 valence electrons. The van der Waals surface area contributed by atoms with E-state index in [9.17, 15) is 34.8 Å². The summed E-state index contributed by atoms with van der Waals surface area (Å²) in [5, 5.41) is 45.2. The second-order valence-electron chi connectivity index (χ2n) is 11.6. The van der Waals surface area contributed by atoms with Crippen molar-refractivity contribution >= 4 is 17.8 Å². The summed E-state index contributed by atoms with van der Waals surface area (Å²) in [6.07, 6.45) is 13.5. The largest absolute Gasteiger partial charge is 0.547 e. The van der Waals surface area contributed by atoms with E-state index in [2.05, 4.69) is 24.1 Å². The molecule has 0 spiro atoms. The summed E-state index contributed by atoms with van der Waals surface area (Å²) in [6.45, 7) is 3.41. The zero-order chi connectivity index (χ0) is 34.2. The summed E-state index contributed by atoms with van der Waals surface area (Å²) >= 11 is 0. The van der Waals surface area contributed by atoms with Gasteiger partial charge in [0, 0.05) is 19.4 Å². The molecule has 1 unspecified atom stereocenters. The second kappa shape index (κ2) is 23.9. The van der Waals surface area contributed by atoms with Crippen molar-refractivity contribution in [2.24, 2.45) is 5.92 Å². The molecule has 1 amide bonds. The van der Waals surface area contributed by atoms with Crippen LogP contribution in [0.1, 0.15) is 103 Å². The van der Waals surface area contributed by atoms with E-state index in [4.69, 9.17) is 9.47 Å². The highest BCUT2D eigenvalue weighted by Gasteiger charge is 2.42. The number of rotatable bonds is 25. The standard InChI is InChI=1S/C36H55NO9/c1-4-6-8-11-14-17-29(39)18-15-12-9-10-13-16-19-31(36(44,24-25-38)35(42)43)33(40)37-32(34(41)45-3)27-28-20-22-30(23-21-28)46-26-7-5-2/h16,19-23,29,31-32,38-39,44H,4,6,8-15,17-18,24-27H2,1-3H3,(H,37,40)(H,42,43)/p-1/b19-16+/t29?,31-,32+,36+/m1/s1. The molecule has 0 aliphatic rings. The van der Waals surface area contributed by atoms with Gasteiger partial charge in [0.1, 0.15) is 24.0 Å². The van der Waals surface area contributed by atoms with Gasteiger partial charge < -0.3 is 40.0 Å². The highest BCUT2D eigenvalue weighted by molar-refractivity contribution is 5.92. The molecular formula is C36H54NO9-. The average Bonchev–Trinajstić information content (AvgIpc) is 3.04. The Balaban J connectivity index is 2.82. The van der Waals surface area contributed by atoms with Gasteiger partial charge in [0.25, 0.3) is 0 Å². The summed E-state index contributed by atoms with van der Waals surface area (Å²) < 4.78 is 10.4. The monoisotopic (exact) mass is 644 g/mol. The van der Waals surface area contributed by atoms with Gasteiger partial charge >= 0.3 is 5.97 Å². The molecule has 1 rings (SSSR count). The highest BCUT2D eigenvalue weighted by Crippen LogP contribution is 2.25. The number of carbonyl (C=O) groups excluding carboxylic acids is 3. The molecule has 0 saturated heterocycles. The van der Waals surface area contributed by atoms with Gasteiger partial charge in [0.2, 0.25) is 5.91 Å². The van der Waals surface area contributed by atoms with Crippen LogP contribution in [0.25, 0.3) is 0 Å². The van der Waals surface area contributed by atoms with Crippen LogP contribution in [-0.2, 0) is 25.5 Å². The van der Waals surface area contributed by atoms with Crippen LogP contribution in [0.4, 0.5) is 0 Å². The number of unbranched alkanes of at least 4 members (excludes halogenated alkanes) is 8. The predicted molar refractivity (Wildman–Crippen MR) is 174 cm³/mol. The minimum Gasteiger partial charge on any atom is -0.547 e. The van der Waals surface area contributed by atoms with E-state index in [0.717, 1.165) is 51.4 Å². The lowest BCUT2D eigenvalue weighted by molar-refractivity contribution is -0.327. The van der Waals surface area contributed by atoms with Crippen molar-refractivity contribution in [2.75, 3.05) is 20.3 Å². The first-order chi connectivity index (χ1) is 22.1. The molecule has 4 N–H and O–H groups in total. The van der Waals surface area contributed by atoms with E-state index >= 15 is 0 Å². The molecule has 0 aliphatic carbocycles. The third kappa shape index (κ3) is 15.7. The van der Waals surface area contributed by atoms with Crippen molar-refractivity contribution in [1.29, 1.82) is 0 Å². The van der Waals surface area contributed by atoms with Crippen LogP contribution in [0, 0.1) is 17.8 Å². The highest BCUT2D eigenvalue weighted by atomic mass is 16.5. The van der Waals surface area contributed by atoms with E-state index in [1.54, 1.807) is 37.3 Å². The van der Waals surface area contributed by atoms with Gasteiger partial charge in [-0.05, 0) is 50.3 Å². The minimum absolute atomic E-state index is 0.0290. The van der Waals surface area contributed by atoms with Gasteiger partial charge in [0.15, 0.2) is 0 Å². The molecule has 0 aromatic heterocycles. The number of esters is 1. The van der Waals surface area contributed by atoms with Crippen LogP contribution >= 0.6 is 0 Å². The Bertz CT molecular complexity index is 1110. The fourth-order valence-electron chi connectivity index (χ4n) is 5.12. The number of amides is 1. The summed E-state index contributed by atoms with van der Waals surface area (Å²) in [7, 11) is 1.17. The Kier molecular flexibility index (Phi) is 21.1. The zero-order valence-corrected chi connectivity index (χ0v) is 27.8. The molecule has 0 radical (unpaired) electrons. The van der Waals surface area contributed by atoms with Crippen LogP contribution in [0.5, 0.6) is 5.75 Å². The number of aliphatic hydroxyl groups is 3. The Morgan fingerprint density at radius 1 is 1.02 bits per heavy atom. The smallest absolute Gasteiger partial charge is 0.328 e. The molecule has 0 bridgehead atoms. The molecule has 0 fully saturated rings. The van der Waals surface area contributed by atoms with Crippen LogP contribution in [-0.4, -0.2) is 71.2 Å². The lowest BCUT2D eigenvalue weighted by Crippen LogP contribution is -2.59. The van der Waals surface area contributed by atoms with Crippen LogP contribution in [0.3, 0.4) is 0 Å². The third-order valence-electron chi connectivity index (χ3n) is 7.92. The molecule has 4 atom stereocenters. The lowest BCUT2D eigenvalue weighted by Gasteiger charge is -2.35. The molecule has 1 aromatic carbocycles.